The van der Waals surface area contributed by atoms with Crippen LogP contribution in [0.25, 0.3) is 16.5 Å². The molecule has 0 atom stereocenters. The lowest BCUT2D eigenvalue weighted by Gasteiger charge is -2.26. The van der Waals surface area contributed by atoms with E-state index in [2.05, 4.69) is 40.3 Å². The second kappa shape index (κ2) is 18.1. The molecule has 1 aliphatic heterocycles. The number of carbonyl (C=O) groups excluding carboxylic acids is 1. The summed E-state index contributed by atoms with van der Waals surface area (Å²) in [6.45, 7) is 12.3. The highest BCUT2D eigenvalue weighted by Crippen LogP contribution is 2.41. The highest BCUT2D eigenvalue weighted by atomic mass is 31.2. The summed E-state index contributed by atoms with van der Waals surface area (Å²) in [6.07, 6.45) is 8.36. The van der Waals surface area contributed by atoms with Gasteiger partial charge in [0.15, 0.2) is 0 Å². The van der Waals surface area contributed by atoms with Crippen molar-refractivity contribution in [1.82, 2.24) is 24.6 Å². The number of urea groups is 1. The van der Waals surface area contributed by atoms with Gasteiger partial charge in [-0.2, -0.15) is 10.1 Å². The van der Waals surface area contributed by atoms with Crippen molar-refractivity contribution in [3.63, 3.8) is 0 Å². The smallest absolute Gasteiger partial charge is 0.324 e. The van der Waals surface area contributed by atoms with Gasteiger partial charge in [0.1, 0.15) is 29.7 Å². The summed E-state index contributed by atoms with van der Waals surface area (Å²) >= 11 is 0. The summed E-state index contributed by atoms with van der Waals surface area (Å²) in [4.78, 5) is 25.2. The molecule has 6 aromatic rings. The average Bonchev–Trinajstić information content (AvgIpc) is 3.63. The lowest BCUT2D eigenvalue weighted by atomic mass is 10.1. The Morgan fingerprint density at radius 3 is 2.53 bits per heavy atom. The molecule has 4 aromatic carbocycles. The van der Waals surface area contributed by atoms with Gasteiger partial charge < -0.3 is 24.1 Å². The molecule has 1 fully saturated rings. The maximum atomic E-state index is 13.6. The molecular formula is C45H48N7O5P. The molecule has 3 heterocycles. The number of hydrogen-bond acceptors (Lipinski definition) is 9. The zero-order chi connectivity index (χ0) is 40.6. The number of nitrogens with zero attached hydrogens (tertiary/aromatic N) is 5. The first kappa shape index (κ1) is 40.2. The van der Waals surface area contributed by atoms with Crippen LogP contribution in [-0.2, 0) is 21.9 Å². The number of carbonyl (C=O) groups is 1. The standard InChI is InChI=1S/C45H48N7O5P/c1-6-32-24-34(27-36(26-32)56-23-20-51-18-21-55-22-19-51)28-42-46-17-16-44(48-42)57-41-15-14-39(37-12-7-8-13-38(37)41)47-45(53)49-43-29-40(31(2)3)50-52(43)35-11-9-10-33(25-35)30-58(4,5)54/h1,7-17,24-27,29,31H,18-23,28,30H2,2-5H3,(H2,47,49,53). The first-order valence-electron chi connectivity index (χ1n) is 19.4. The third kappa shape index (κ3) is 10.5. The minimum absolute atomic E-state index is 0.130. The first-order chi connectivity index (χ1) is 28.0. The van der Waals surface area contributed by atoms with Crippen LogP contribution in [0, 0.1) is 12.3 Å². The van der Waals surface area contributed by atoms with E-state index in [1.807, 2.05) is 78.9 Å². The molecule has 7 rings (SSSR count). The van der Waals surface area contributed by atoms with Crippen molar-refractivity contribution in [1.29, 1.82) is 0 Å². The van der Waals surface area contributed by atoms with Gasteiger partial charge in [-0.05, 0) is 72.8 Å². The number of benzene rings is 4. The molecule has 58 heavy (non-hydrogen) atoms. The molecule has 0 radical (unpaired) electrons. The van der Waals surface area contributed by atoms with Crippen molar-refractivity contribution in [2.24, 2.45) is 0 Å². The number of nitrogens with one attached hydrogen (secondary N) is 2. The van der Waals surface area contributed by atoms with E-state index in [-0.39, 0.29) is 5.92 Å². The van der Waals surface area contributed by atoms with E-state index in [1.165, 1.54) is 0 Å². The lowest BCUT2D eigenvalue weighted by molar-refractivity contribution is 0.0322. The molecule has 0 unspecified atom stereocenters. The third-order valence-electron chi connectivity index (χ3n) is 9.58. The number of amides is 2. The Labute approximate surface area is 339 Å². The number of hydrogen-bond donors (Lipinski definition) is 2. The molecule has 2 amide bonds. The van der Waals surface area contributed by atoms with Gasteiger partial charge in [0, 0.05) is 66.9 Å². The SMILES string of the molecule is C#Cc1cc(Cc2nccc(Oc3ccc(NC(=O)Nc4cc(C(C)C)nn4-c4cccc(CP(C)(C)=O)c4)c4ccccc34)n2)cc(OCCN2CCOCC2)c1. The van der Waals surface area contributed by atoms with E-state index < -0.39 is 13.2 Å². The van der Waals surface area contributed by atoms with Crippen molar-refractivity contribution in [2.75, 3.05) is 63.4 Å². The predicted octanol–water partition coefficient (Wildman–Crippen LogP) is 8.78. The second-order valence-corrected chi connectivity index (χ2v) is 18.5. The van der Waals surface area contributed by atoms with E-state index in [4.69, 9.17) is 30.7 Å². The van der Waals surface area contributed by atoms with Crippen LogP contribution in [-0.4, -0.2) is 83.5 Å². The van der Waals surface area contributed by atoms with E-state index in [0.717, 1.165) is 71.7 Å². The second-order valence-electron chi connectivity index (χ2n) is 15.1. The molecule has 298 valence electrons. The molecule has 1 aliphatic rings. The van der Waals surface area contributed by atoms with Gasteiger partial charge in [-0.3, -0.25) is 10.2 Å². The zero-order valence-corrected chi connectivity index (χ0v) is 34.2. The van der Waals surface area contributed by atoms with Gasteiger partial charge in [0.05, 0.1) is 37.4 Å². The van der Waals surface area contributed by atoms with Crippen LogP contribution < -0.4 is 20.1 Å². The summed E-state index contributed by atoms with van der Waals surface area (Å²) in [5, 5.41) is 12.4. The number of terminal acetylenes is 1. The van der Waals surface area contributed by atoms with Gasteiger partial charge in [0.25, 0.3) is 0 Å². The fourth-order valence-corrected chi connectivity index (χ4v) is 7.87. The molecular weight excluding hydrogens is 750 g/mol. The Morgan fingerprint density at radius 1 is 0.948 bits per heavy atom. The van der Waals surface area contributed by atoms with Crippen molar-refractivity contribution in [2.45, 2.75) is 32.3 Å². The molecule has 0 aliphatic carbocycles. The maximum Gasteiger partial charge on any atom is 0.324 e. The van der Waals surface area contributed by atoms with Crippen LogP contribution in [0.15, 0.2) is 97.2 Å². The summed E-state index contributed by atoms with van der Waals surface area (Å²) in [5.74, 6) is 5.59. The molecule has 0 spiro atoms. The average molecular weight is 798 g/mol. The fourth-order valence-electron chi connectivity index (χ4n) is 6.80. The summed E-state index contributed by atoms with van der Waals surface area (Å²) in [7, 11) is -2.29. The highest BCUT2D eigenvalue weighted by molar-refractivity contribution is 7.61. The molecule has 0 saturated carbocycles. The molecule has 0 bridgehead atoms. The van der Waals surface area contributed by atoms with Crippen molar-refractivity contribution in [3.8, 4) is 35.4 Å². The Kier molecular flexibility index (Phi) is 12.5. The number of aromatic nitrogens is 4. The minimum Gasteiger partial charge on any atom is -0.492 e. The van der Waals surface area contributed by atoms with Crippen LogP contribution in [0.5, 0.6) is 17.4 Å². The van der Waals surface area contributed by atoms with E-state index in [1.54, 1.807) is 36.3 Å². The Hall–Kier alpha value is -5.99. The predicted molar refractivity (Wildman–Crippen MR) is 229 cm³/mol. The normalized spacial score (nSPS) is 13.3. The highest BCUT2D eigenvalue weighted by Gasteiger charge is 2.18. The van der Waals surface area contributed by atoms with Gasteiger partial charge in [-0.1, -0.05) is 56.2 Å². The summed E-state index contributed by atoms with van der Waals surface area (Å²) in [5.41, 5.74) is 4.78. The van der Waals surface area contributed by atoms with Crippen LogP contribution in [0.2, 0.25) is 0 Å². The number of fused-ring (bicyclic) bond motifs is 1. The fraction of sp³-hybridized carbons (Fsp3) is 0.289. The van der Waals surface area contributed by atoms with Crippen molar-refractivity contribution >= 4 is 35.5 Å². The van der Waals surface area contributed by atoms with E-state index in [9.17, 15) is 9.36 Å². The van der Waals surface area contributed by atoms with Crippen LogP contribution in [0.3, 0.4) is 0 Å². The number of morpholine rings is 1. The monoisotopic (exact) mass is 797 g/mol. The first-order valence-corrected chi connectivity index (χ1v) is 22.1. The Balaban J connectivity index is 1.05. The molecule has 13 heteroatoms. The van der Waals surface area contributed by atoms with Crippen LogP contribution in [0.1, 0.15) is 48.0 Å². The quantitative estimate of drug-likeness (QED) is 0.0820. The minimum atomic E-state index is -2.29. The zero-order valence-electron chi connectivity index (χ0n) is 33.3. The summed E-state index contributed by atoms with van der Waals surface area (Å²) in [6, 6.07) is 28.0. The topological polar surface area (TPSA) is 133 Å². The molecule has 2 N–H and O–H groups in total. The van der Waals surface area contributed by atoms with Crippen molar-refractivity contribution < 1.29 is 23.6 Å². The van der Waals surface area contributed by atoms with Crippen LogP contribution >= 0.6 is 7.14 Å². The van der Waals surface area contributed by atoms with E-state index in [0.29, 0.717) is 53.9 Å². The lowest BCUT2D eigenvalue weighted by Crippen LogP contribution is -2.38. The largest absolute Gasteiger partial charge is 0.492 e. The summed E-state index contributed by atoms with van der Waals surface area (Å²) < 4.78 is 32.2. The van der Waals surface area contributed by atoms with Gasteiger partial charge in [0.2, 0.25) is 5.88 Å². The van der Waals surface area contributed by atoms with E-state index >= 15 is 0 Å². The molecule has 2 aromatic heterocycles. The Bertz CT molecular complexity index is 2500. The maximum absolute atomic E-state index is 13.6. The number of rotatable bonds is 14. The Morgan fingerprint density at radius 2 is 1.76 bits per heavy atom. The van der Waals surface area contributed by atoms with Gasteiger partial charge in [-0.25, -0.2) is 14.5 Å². The van der Waals surface area contributed by atoms with Gasteiger partial charge >= 0.3 is 6.03 Å². The number of anilines is 2. The molecule has 1 saturated heterocycles. The van der Waals surface area contributed by atoms with Crippen molar-refractivity contribution in [3.05, 3.63) is 125 Å². The van der Waals surface area contributed by atoms with Crippen LogP contribution in [0.4, 0.5) is 16.3 Å². The third-order valence-corrected chi connectivity index (χ3v) is 10.7. The number of ether oxygens (including phenoxy) is 3. The van der Waals surface area contributed by atoms with Gasteiger partial charge in [-0.15, -0.1) is 6.42 Å². The molecule has 12 nitrogen and oxygen atoms in total.